The molecule has 0 aliphatic carbocycles. The maximum atomic E-state index is 12.2. The number of carbonyl (C=O) groups excluding carboxylic acids is 1. The highest BCUT2D eigenvalue weighted by atomic mass is 16.2. The van der Waals surface area contributed by atoms with Gasteiger partial charge in [-0.2, -0.15) is 0 Å². The van der Waals surface area contributed by atoms with Gasteiger partial charge in [-0.1, -0.05) is 30.3 Å². The molecular formula is C20H26N2O2. The van der Waals surface area contributed by atoms with Crippen molar-refractivity contribution in [2.75, 3.05) is 18.5 Å². The highest BCUT2D eigenvalue weighted by Crippen LogP contribution is 2.18. The summed E-state index contributed by atoms with van der Waals surface area (Å²) < 4.78 is 0. The van der Waals surface area contributed by atoms with Crippen molar-refractivity contribution in [2.45, 2.75) is 32.2 Å². The van der Waals surface area contributed by atoms with Crippen LogP contribution in [0, 0.1) is 0 Å². The van der Waals surface area contributed by atoms with E-state index < -0.39 is 0 Å². The van der Waals surface area contributed by atoms with Crippen LogP contribution in [-0.2, 0) is 0 Å². The van der Waals surface area contributed by atoms with Crippen LogP contribution in [0.4, 0.5) is 5.69 Å². The molecule has 0 spiro atoms. The van der Waals surface area contributed by atoms with Crippen LogP contribution in [-0.4, -0.2) is 24.2 Å². The van der Waals surface area contributed by atoms with Crippen LogP contribution < -0.4 is 10.6 Å². The number of rotatable bonds is 9. The molecule has 0 aliphatic rings. The predicted octanol–water partition coefficient (Wildman–Crippen LogP) is 3.75. The Balaban J connectivity index is 1.90. The van der Waals surface area contributed by atoms with Crippen LogP contribution in [0.1, 0.15) is 48.1 Å². The van der Waals surface area contributed by atoms with E-state index in [2.05, 4.69) is 23.6 Å². The Hall–Kier alpha value is -2.17. The van der Waals surface area contributed by atoms with E-state index in [-0.39, 0.29) is 18.6 Å². The van der Waals surface area contributed by atoms with Gasteiger partial charge in [-0.25, -0.2) is 0 Å². The van der Waals surface area contributed by atoms with Gasteiger partial charge in [-0.15, -0.1) is 0 Å². The molecule has 3 N–H and O–H groups in total. The summed E-state index contributed by atoms with van der Waals surface area (Å²) in [6, 6.07) is 17.3. The second-order valence-corrected chi connectivity index (χ2v) is 5.91. The van der Waals surface area contributed by atoms with Gasteiger partial charge in [-0.05, 0) is 62.6 Å². The number of amides is 1. The molecule has 0 fully saturated rings. The molecule has 0 bridgehead atoms. The lowest BCUT2D eigenvalue weighted by atomic mass is 10.1. The maximum absolute atomic E-state index is 12.2. The molecule has 24 heavy (non-hydrogen) atoms. The molecule has 1 amide bonds. The summed E-state index contributed by atoms with van der Waals surface area (Å²) in [5, 5.41) is 15.2. The highest BCUT2D eigenvalue weighted by Gasteiger charge is 2.08. The molecule has 0 heterocycles. The van der Waals surface area contributed by atoms with Crippen molar-refractivity contribution in [1.29, 1.82) is 0 Å². The lowest BCUT2D eigenvalue weighted by Crippen LogP contribution is -2.20. The molecule has 0 saturated carbocycles. The zero-order chi connectivity index (χ0) is 17.2. The molecule has 2 rings (SSSR count). The third-order valence-corrected chi connectivity index (χ3v) is 3.97. The second kappa shape index (κ2) is 9.85. The number of unbranched alkanes of at least 4 members (excludes halogenated alkanes) is 2. The Bertz CT molecular complexity index is 629. The molecule has 4 heteroatoms. The minimum atomic E-state index is -0.0997. The fourth-order valence-electron chi connectivity index (χ4n) is 2.53. The smallest absolute Gasteiger partial charge is 0.255 e. The summed E-state index contributed by atoms with van der Waals surface area (Å²) in [6.45, 7) is 3.30. The number of hydrogen-bond donors (Lipinski definition) is 3. The predicted molar refractivity (Wildman–Crippen MR) is 98.2 cm³/mol. The van der Waals surface area contributed by atoms with E-state index in [4.69, 9.17) is 5.11 Å². The third kappa shape index (κ3) is 5.80. The van der Waals surface area contributed by atoms with Crippen LogP contribution in [0.5, 0.6) is 0 Å². The summed E-state index contributed by atoms with van der Waals surface area (Å²) >= 11 is 0. The number of aliphatic hydroxyl groups is 1. The van der Waals surface area contributed by atoms with Gasteiger partial charge < -0.3 is 15.7 Å². The van der Waals surface area contributed by atoms with E-state index in [1.807, 2.05) is 36.4 Å². The zero-order valence-corrected chi connectivity index (χ0v) is 14.2. The van der Waals surface area contributed by atoms with E-state index in [0.29, 0.717) is 5.56 Å². The van der Waals surface area contributed by atoms with Crippen molar-refractivity contribution in [2.24, 2.45) is 0 Å². The number of nitrogens with one attached hydrogen (secondary N) is 2. The lowest BCUT2D eigenvalue weighted by molar-refractivity contribution is 0.102. The topological polar surface area (TPSA) is 61.4 Å². The lowest BCUT2D eigenvalue weighted by Gasteiger charge is -2.15. The summed E-state index contributed by atoms with van der Waals surface area (Å²) in [5.41, 5.74) is 2.59. The maximum Gasteiger partial charge on any atom is 0.255 e. The molecule has 1 unspecified atom stereocenters. The normalized spacial score (nSPS) is 11.9. The monoisotopic (exact) mass is 326 g/mol. The van der Waals surface area contributed by atoms with Gasteiger partial charge in [0.1, 0.15) is 0 Å². The van der Waals surface area contributed by atoms with Crippen molar-refractivity contribution >= 4 is 11.6 Å². The molecule has 0 aliphatic heterocycles. The van der Waals surface area contributed by atoms with Crippen molar-refractivity contribution in [1.82, 2.24) is 5.32 Å². The molecule has 2 aromatic carbocycles. The Labute approximate surface area is 143 Å². The first-order chi connectivity index (χ1) is 11.7. The van der Waals surface area contributed by atoms with Crippen molar-refractivity contribution in [3.05, 3.63) is 65.7 Å². The van der Waals surface area contributed by atoms with E-state index >= 15 is 0 Å². The van der Waals surface area contributed by atoms with E-state index in [1.54, 1.807) is 12.1 Å². The minimum Gasteiger partial charge on any atom is -0.396 e. The first kappa shape index (κ1) is 18.2. The van der Waals surface area contributed by atoms with Crippen LogP contribution in [0.3, 0.4) is 0 Å². The Morgan fingerprint density at radius 2 is 1.83 bits per heavy atom. The van der Waals surface area contributed by atoms with Gasteiger partial charge in [0.25, 0.3) is 5.91 Å². The quantitative estimate of drug-likeness (QED) is 0.615. The SMILES string of the molecule is CC(NCCCCCO)c1cccc(NC(=O)c2ccccc2)c1. The van der Waals surface area contributed by atoms with Gasteiger partial charge in [0.05, 0.1) is 0 Å². The Kier molecular flexibility index (Phi) is 7.46. The molecule has 1 atom stereocenters. The first-order valence-electron chi connectivity index (χ1n) is 8.51. The zero-order valence-electron chi connectivity index (χ0n) is 14.2. The Morgan fingerprint density at radius 3 is 2.58 bits per heavy atom. The number of carbonyl (C=O) groups is 1. The molecule has 128 valence electrons. The molecule has 4 nitrogen and oxygen atoms in total. The standard InChI is InChI=1S/C20H26N2O2/c1-16(21-13-6-3-7-14-23)18-11-8-12-19(15-18)22-20(24)17-9-4-2-5-10-17/h2,4-5,8-12,15-16,21,23H,3,6-7,13-14H2,1H3,(H,22,24). The average molecular weight is 326 g/mol. The molecule has 0 radical (unpaired) electrons. The van der Waals surface area contributed by atoms with Crippen molar-refractivity contribution < 1.29 is 9.90 Å². The van der Waals surface area contributed by atoms with Crippen LogP contribution >= 0.6 is 0 Å². The number of benzene rings is 2. The van der Waals surface area contributed by atoms with E-state index in [0.717, 1.165) is 37.1 Å². The van der Waals surface area contributed by atoms with Gasteiger partial charge in [-0.3, -0.25) is 4.79 Å². The minimum absolute atomic E-state index is 0.0997. The highest BCUT2D eigenvalue weighted by molar-refractivity contribution is 6.04. The fraction of sp³-hybridized carbons (Fsp3) is 0.350. The van der Waals surface area contributed by atoms with Crippen LogP contribution in [0.2, 0.25) is 0 Å². The second-order valence-electron chi connectivity index (χ2n) is 5.91. The summed E-state index contributed by atoms with van der Waals surface area (Å²) in [5.74, 6) is -0.0997. The molecule has 0 saturated heterocycles. The first-order valence-corrected chi connectivity index (χ1v) is 8.51. The van der Waals surface area contributed by atoms with Gasteiger partial charge in [0.2, 0.25) is 0 Å². The number of hydrogen-bond acceptors (Lipinski definition) is 3. The number of anilines is 1. The van der Waals surface area contributed by atoms with E-state index in [1.165, 1.54) is 0 Å². The molecular weight excluding hydrogens is 300 g/mol. The largest absolute Gasteiger partial charge is 0.396 e. The fourth-order valence-corrected chi connectivity index (χ4v) is 2.53. The average Bonchev–Trinajstić information content (AvgIpc) is 2.62. The van der Waals surface area contributed by atoms with Crippen molar-refractivity contribution in [3.8, 4) is 0 Å². The van der Waals surface area contributed by atoms with Gasteiger partial charge in [0.15, 0.2) is 0 Å². The molecule has 2 aromatic rings. The summed E-state index contributed by atoms with van der Waals surface area (Å²) in [6.07, 6.45) is 2.94. The van der Waals surface area contributed by atoms with Gasteiger partial charge in [0, 0.05) is 23.9 Å². The summed E-state index contributed by atoms with van der Waals surface area (Å²) in [4.78, 5) is 12.2. The third-order valence-electron chi connectivity index (χ3n) is 3.97. The molecule has 0 aromatic heterocycles. The van der Waals surface area contributed by atoms with Gasteiger partial charge >= 0.3 is 0 Å². The van der Waals surface area contributed by atoms with E-state index in [9.17, 15) is 4.79 Å². The van der Waals surface area contributed by atoms with Crippen LogP contribution in [0.15, 0.2) is 54.6 Å². The van der Waals surface area contributed by atoms with Crippen molar-refractivity contribution in [3.63, 3.8) is 0 Å². The summed E-state index contributed by atoms with van der Waals surface area (Å²) in [7, 11) is 0. The Morgan fingerprint density at radius 1 is 1.04 bits per heavy atom. The van der Waals surface area contributed by atoms with Crippen LogP contribution in [0.25, 0.3) is 0 Å². The number of aliphatic hydroxyl groups excluding tert-OH is 1.